The predicted octanol–water partition coefficient (Wildman–Crippen LogP) is 2.34. The van der Waals surface area contributed by atoms with Crippen LogP contribution in [0.5, 0.6) is 0 Å². The molecule has 0 spiro atoms. The lowest BCUT2D eigenvalue weighted by molar-refractivity contribution is 0.117. The van der Waals surface area contributed by atoms with Crippen LogP contribution in [0, 0.1) is 11.8 Å². The van der Waals surface area contributed by atoms with E-state index in [1.54, 1.807) is 19.2 Å². The Morgan fingerprint density at radius 3 is 2.41 bits per heavy atom. The molecule has 0 amide bonds. The third-order valence-corrected chi connectivity index (χ3v) is 2.39. The zero-order valence-corrected chi connectivity index (χ0v) is 9.59. The Bertz CT molecular complexity index is 535. The summed E-state index contributed by atoms with van der Waals surface area (Å²) in [5, 5.41) is 10.2. The van der Waals surface area contributed by atoms with Crippen molar-refractivity contribution in [1.29, 1.82) is 0 Å². The average Bonchev–Trinajstić information content (AvgIpc) is 2.39. The molecule has 1 N–H and O–H groups in total. The highest BCUT2D eigenvalue weighted by Gasteiger charge is 2.20. The van der Waals surface area contributed by atoms with E-state index in [1.165, 1.54) is 0 Å². The van der Waals surface area contributed by atoms with Gasteiger partial charge in [0.15, 0.2) is 5.60 Å². The maximum atomic E-state index is 10.2. The minimum absolute atomic E-state index is 0.559. The molecule has 2 rings (SSSR count). The Morgan fingerprint density at radius 2 is 1.76 bits per heavy atom. The fourth-order valence-corrected chi connectivity index (χ4v) is 1.43. The van der Waals surface area contributed by atoms with E-state index >= 15 is 0 Å². The second-order valence-corrected chi connectivity index (χ2v) is 3.90. The highest BCUT2D eigenvalue weighted by molar-refractivity contribution is 5.37. The van der Waals surface area contributed by atoms with Gasteiger partial charge in [-0.05, 0) is 31.2 Å². The van der Waals surface area contributed by atoms with Gasteiger partial charge >= 0.3 is 0 Å². The number of nitrogens with zero attached hydrogens (tertiary/aromatic N) is 1. The van der Waals surface area contributed by atoms with Crippen molar-refractivity contribution in [1.82, 2.24) is 4.98 Å². The first-order valence-electron chi connectivity index (χ1n) is 5.40. The third kappa shape index (κ3) is 2.93. The topological polar surface area (TPSA) is 33.1 Å². The molecular formula is C15H13NO. The van der Waals surface area contributed by atoms with Gasteiger partial charge in [-0.3, -0.25) is 4.98 Å². The van der Waals surface area contributed by atoms with Gasteiger partial charge in [-0.2, -0.15) is 0 Å². The highest BCUT2D eigenvalue weighted by atomic mass is 16.3. The van der Waals surface area contributed by atoms with Crippen molar-refractivity contribution in [3.63, 3.8) is 0 Å². The van der Waals surface area contributed by atoms with E-state index in [2.05, 4.69) is 16.8 Å². The second kappa shape index (κ2) is 4.82. The van der Waals surface area contributed by atoms with Crippen LogP contribution in [0.15, 0.2) is 54.7 Å². The molecule has 1 aromatic carbocycles. The molecular weight excluding hydrogens is 210 g/mol. The van der Waals surface area contributed by atoms with Crippen molar-refractivity contribution >= 4 is 0 Å². The van der Waals surface area contributed by atoms with Gasteiger partial charge in [-0.25, -0.2) is 0 Å². The van der Waals surface area contributed by atoms with Gasteiger partial charge in [0, 0.05) is 11.8 Å². The van der Waals surface area contributed by atoms with Crippen molar-refractivity contribution in [2.45, 2.75) is 12.5 Å². The maximum absolute atomic E-state index is 10.2. The fourth-order valence-electron chi connectivity index (χ4n) is 1.43. The first-order chi connectivity index (χ1) is 8.18. The summed E-state index contributed by atoms with van der Waals surface area (Å²) in [5.41, 5.74) is 0.212. The first-order valence-corrected chi connectivity index (χ1v) is 5.40. The zero-order valence-electron chi connectivity index (χ0n) is 9.59. The molecule has 1 atom stereocenters. The van der Waals surface area contributed by atoms with E-state index in [4.69, 9.17) is 0 Å². The minimum atomic E-state index is -1.23. The van der Waals surface area contributed by atoms with Crippen LogP contribution in [0.4, 0.5) is 0 Å². The summed E-state index contributed by atoms with van der Waals surface area (Å²) < 4.78 is 0. The standard InChI is InChI=1S/C15H13NO/c1-15(17,14-9-5-6-12-16-14)11-10-13-7-3-2-4-8-13/h2-9,12,17H,1H3. The molecule has 2 nitrogen and oxygen atoms in total. The summed E-state index contributed by atoms with van der Waals surface area (Å²) in [6.07, 6.45) is 1.65. The summed E-state index contributed by atoms with van der Waals surface area (Å²) in [4.78, 5) is 4.11. The van der Waals surface area contributed by atoms with Crippen LogP contribution in [0.2, 0.25) is 0 Å². The van der Waals surface area contributed by atoms with Crippen LogP contribution in [0.3, 0.4) is 0 Å². The van der Waals surface area contributed by atoms with Crippen molar-refractivity contribution < 1.29 is 5.11 Å². The van der Waals surface area contributed by atoms with E-state index in [0.29, 0.717) is 5.69 Å². The molecule has 0 saturated carbocycles. The van der Waals surface area contributed by atoms with Gasteiger partial charge in [0.1, 0.15) is 0 Å². The Hall–Kier alpha value is -2.11. The number of aromatic nitrogens is 1. The summed E-state index contributed by atoms with van der Waals surface area (Å²) in [7, 11) is 0. The SMILES string of the molecule is CC(O)(C#Cc1ccccc1)c1ccccn1. The van der Waals surface area contributed by atoms with Gasteiger partial charge in [0.25, 0.3) is 0 Å². The molecule has 2 aromatic rings. The molecule has 1 heterocycles. The van der Waals surface area contributed by atoms with E-state index < -0.39 is 5.60 Å². The molecule has 2 heteroatoms. The average molecular weight is 223 g/mol. The number of rotatable bonds is 1. The largest absolute Gasteiger partial charge is 0.372 e. The van der Waals surface area contributed by atoms with Crippen LogP contribution in [-0.2, 0) is 5.60 Å². The van der Waals surface area contributed by atoms with Crippen LogP contribution < -0.4 is 0 Å². The smallest absolute Gasteiger partial charge is 0.165 e. The normalized spacial score (nSPS) is 13.3. The lowest BCUT2D eigenvalue weighted by atomic mass is 10.0. The summed E-state index contributed by atoms with van der Waals surface area (Å²) in [6, 6.07) is 15.0. The van der Waals surface area contributed by atoms with Crippen molar-refractivity contribution in [3.05, 3.63) is 66.0 Å². The predicted molar refractivity (Wildman–Crippen MR) is 67.1 cm³/mol. The highest BCUT2D eigenvalue weighted by Crippen LogP contribution is 2.16. The lowest BCUT2D eigenvalue weighted by Gasteiger charge is -2.14. The zero-order chi connectivity index (χ0) is 12.1. The van der Waals surface area contributed by atoms with Crippen molar-refractivity contribution in [3.8, 4) is 11.8 Å². The van der Waals surface area contributed by atoms with Gasteiger partial charge < -0.3 is 5.11 Å². The summed E-state index contributed by atoms with van der Waals surface area (Å²) in [6.45, 7) is 1.64. The number of pyridine rings is 1. The molecule has 0 radical (unpaired) electrons. The van der Waals surface area contributed by atoms with Gasteiger partial charge in [-0.15, -0.1) is 0 Å². The van der Waals surface area contributed by atoms with Gasteiger partial charge in [0.2, 0.25) is 0 Å². The Balaban J connectivity index is 2.27. The van der Waals surface area contributed by atoms with E-state index in [9.17, 15) is 5.11 Å². The molecule has 1 unspecified atom stereocenters. The van der Waals surface area contributed by atoms with E-state index in [0.717, 1.165) is 5.56 Å². The summed E-state index contributed by atoms with van der Waals surface area (Å²) >= 11 is 0. The Kier molecular flexibility index (Phi) is 3.22. The molecule has 0 aliphatic heterocycles. The lowest BCUT2D eigenvalue weighted by Crippen LogP contribution is -2.19. The summed E-state index contributed by atoms with van der Waals surface area (Å²) in [5.74, 6) is 5.78. The maximum Gasteiger partial charge on any atom is 0.165 e. The Morgan fingerprint density at radius 1 is 1.06 bits per heavy atom. The number of benzene rings is 1. The molecule has 84 valence electrons. The number of aliphatic hydroxyl groups is 1. The molecule has 0 saturated heterocycles. The van der Waals surface area contributed by atoms with E-state index in [1.807, 2.05) is 42.5 Å². The van der Waals surface area contributed by atoms with Gasteiger partial charge in [0.05, 0.1) is 5.69 Å². The second-order valence-electron chi connectivity index (χ2n) is 3.90. The number of hydrogen-bond donors (Lipinski definition) is 1. The van der Waals surface area contributed by atoms with Crippen LogP contribution >= 0.6 is 0 Å². The monoisotopic (exact) mass is 223 g/mol. The molecule has 1 aromatic heterocycles. The molecule has 0 aliphatic rings. The van der Waals surface area contributed by atoms with Crippen LogP contribution in [-0.4, -0.2) is 10.1 Å². The molecule has 0 fully saturated rings. The minimum Gasteiger partial charge on any atom is -0.372 e. The van der Waals surface area contributed by atoms with Gasteiger partial charge in [-0.1, -0.05) is 36.1 Å². The quantitative estimate of drug-likeness (QED) is 0.753. The number of hydrogen-bond acceptors (Lipinski definition) is 2. The van der Waals surface area contributed by atoms with Crippen LogP contribution in [0.1, 0.15) is 18.2 Å². The molecule has 17 heavy (non-hydrogen) atoms. The Labute approximate surface area is 101 Å². The third-order valence-electron chi connectivity index (χ3n) is 2.39. The van der Waals surface area contributed by atoms with Crippen molar-refractivity contribution in [2.75, 3.05) is 0 Å². The fraction of sp³-hybridized carbons (Fsp3) is 0.133. The molecule has 0 bridgehead atoms. The van der Waals surface area contributed by atoms with Crippen LogP contribution in [0.25, 0.3) is 0 Å². The van der Waals surface area contributed by atoms with E-state index in [-0.39, 0.29) is 0 Å². The first kappa shape index (κ1) is 11.4. The molecule has 0 aliphatic carbocycles. The van der Waals surface area contributed by atoms with Crippen molar-refractivity contribution in [2.24, 2.45) is 0 Å².